The summed E-state index contributed by atoms with van der Waals surface area (Å²) in [7, 11) is 2.97. The second-order valence-corrected chi connectivity index (χ2v) is 4.31. The zero-order valence-corrected chi connectivity index (χ0v) is 19.9. The van der Waals surface area contributed by atoms with E-state index in [1.54, 1.807) is 19.2 Å². The number of benzene rings is 2. The number of hydrogen-bond donors (Lipinski definition) is 0. The summed E-state index contributed by atoms with van der Waals surface area (Å²) >= 11 is 1.81. The minimum Gasteiger partial charge on any atom is -0.168 e. The minimum absolute atomic E-state index is 0. The smallest absolute Gasteiger partial charge is 0.0809 e. The number of hydrogen-bond acceptors (Lipinski definition) is 0. The summed E-state index contributed by atoms with van der Waals surface area (Å²) in [4.78, 5) is 0. The van der Waals surface area contributed by atoms with Gasteiger partial charge in [-0.3, -0.25) is 0 Å². The molecule has 4 rings (SSSR count). The van der Waals surface area contributed by atoms with E-state index in [0.29, 0.717) is 0 Å². The van der Waals surface area contributed by atoms with Gasteiger partial charge in [0.1, 0.15) is 0 Å². The molecule has 0 heterocycles. The van der Waals surface area contributed by atoms with Crippen molar-refractivity contribution in [3.8, 4) is 0 Å². The quantitative estimate of drug-likeness (QED) is 0.185. The third kappa shape index (κ3) is 8.09. The van der Waals surface area contributed by atoms with Crippen LogP contribution in [0.3, 0.4) is 0 Å². The van der Waals surface area contributed by atoms with Crippen LogP contribution >= 0.6 is 34.0 Å². The molecule has 0 nitrogen and oxygen atoms in total. The van der Waals surface area contributed by atoms with Crippen LogP contribution in [0.15, 0.2) is 84.9 Å². The summed E-state index contributed by atoms with van der Waals surface area (Å²) in [5.74, 6) is 0. The molecule has 0 amide bonds. The van der Waals surface area contributed by atoms with Gasteiger partial charge in [-0.15, -0.1) is 93.3 Å². The van der Waals surface area contributed by atoms with E-state index in [1.165, 1.54) is 21.5 Å². The average molecular weight is 498 g/mol. The summed E-state index contributed by atoms with van der Waals surface area (Å²) in [5.41, 5.74) is 0. The van der Waals surface area contributed by atoms with Crippen molar-refractivity contribution in [2.75, 3.05) is 0 Å². The second kappa shape index (κ2) is 16.0. The van der Waals surface area contributed by atoms with Gasteiger partial charge in [-0.2, -0.15) is 35.0 Å². The first-order valence-corrected chi connectivity index (χ1v) is 9.24. The Morgan fingerprint density at radius 1 is 0.583 bits per heavy atom. The average Bonchev–Trinajstić information content (AvgIpc) is 3.18. The van der Waals surface area contributed by atoms with Crippen molar-refractivity contribution in [3.63, 3.8) is 0 Å². The van der Waals surface area contributed by atoms with Crippen LogP contribution in [0.4, 0.5) is 0 Å². The fourth-order valence-electron chi connectivity index (χ4n) is 2.14. The first-order chi connectivity index (χ1) is 9.93. The molecule has 4 aromatic rings. The molecule has 0 saturated heterocycles. The molecule has 4 aromatic carbocycles. The van der Waals surface area contributed by atoms with Gasteiger partial charge in [0, 0.05) is 0 Å². The SMILES string of the molecule is Br.Br.[CH3-].[CH3-].[Si]=[Ti].c1ccc2[cH-]ccc2c1.c1ccc2[cH-]ccc2c1. The van der Waals surface area contributed by atoms with Gasteiger partial charge in [0.05, 0.1) is 0 Å². The van der Waals surface area contributed by atoms with E-state index in [-0.39, 0.29) is 48.8 Å². The van der Waals surface area contributed by atoms with E-state index < -0.39 is 0 Å². The Morgan fingerprint density at radius 3 is 1.25 bits per heavy atom. The largest absolute Gasteiger partial charge is 0.168 e. The van der Waals surface area contributed by atoms with Crippen LogP contribution in [0.5, 0.6) is 0 Å². The summed E-state index contributed by atoms with van der Waals surface area (Å²) in [5, 5.41) is 5.32. The molecule has 0 atom stereocenters. The molecule has 24 heavy (non-hydrogen) atoms. The van der Waals surface area contributed by atoms with E-state index in [1.807, 2.05) is 0 Å². The number of rotatable bonds is 0. The van der Waals surface area contributed by atoms with Gasteiger partial charge in [-0.25, -0.2) is 0 Å². The molecule has 0 bridgehead atoms. The first-order valence-electron chi connectivity index (χ1n) is 6.39. The molecule has 0 saturated carbocycles. The fraction of sp³-hybridized carbons (Fsp3) is 0. The number of fused-ring (bicyclic) bond motifs is 2. The topological polar surface area (TPSA) is 0 Å². The van der Waals surface area contributed by atoms with Crippen LogP contribution in [0.2, 0.25) is 0 Å². The van der Waals surface area contributed by atoms with Gasteiger partial charge in [0.25, 0.3) is 0 Å². The molecule has 4 heteroatoms. The van der Waals surface area contributed by atoms with Gasteiger partial charge in [-0.05, 0) is 0 Å². The molecule has 0 aliphatic rings. The van der Waals surface area contributed by atoms with Gasteiger partial charge in [0.2, 0.25) is 0 Å². The van der Waals surface area contributed by atoms with E-state index in [2.05, 4.69) is 92.6 Å². The maximum atomic E-state index is 2.97. The zero-order chi connectivity index (χ0) is 14.2. The standard InChI is InChI=1S/2C9H7.2CH3.2BrH.Si.Ti/c2*1-2-5-9-7-3-6-8(9)4-1;;;;;;/h2*1-7H;2*1H3;2*1H;;/q4*-1;;;;. The Labute approximate surface area is 181 Å². The Hall–Kier alpha value is -0.449. The molecule has 0 spiro atoms. The van der Waals surface area contributed by atoms with Crippen LogP contribution in [0.25, 0.3) is 21.5 Å². The fourth-order valence-corrected chi connectivity index (χ4v) is 2.14. The van der Waals surface area contributed by atoms with Crippen molar-refractivity contribution in [1.29, 1.82) is 0 Å². The van der Waals surface area contributed by atoms with Crippen molar-refractivity contribution in [2.24, 2.45) is 0 Å². The Morgan fingerprint density at radius 2 is 0.917 bits per heavy atom. The second-order valence-electron chi connectivity index (χ2n) is 4.31. The van der Waals surface area contributed by atoms with Crippen molar-refractivity contribution < 1.29 is 19.2 Å². The molecular formula is C20H22Br2SiTi-4. The van der Waals surface area contributed by atoms with Crippen molar-refractivity contribution in [1.82, 2.24) is 0 Å². The van der Waals surface area contributed by atoms with E-state index in [9.17, 15) is 0 Å². The molecule has 2 radical (unpaired) electrons. The van der Waals surface area contributed by atoms with Crippen LogP contribution in [0.1, 0.15) is 0 Å². The van der Waals surface area contributed by atoms with Crippen LogP contribution < -0.4 is 0 Å². The predicted octanol–water partition coefficient (Wildman–Crippen LogP) is 6.79. The van der Waals surface area contributed by atoms with Gasteiger partial charge < -0.3 is 14.9 Å². The Kier molecular flexibility index (Phi) is 19.0. The van der Waals surface area contributed by atoms with Crippen LogP contribution in [-0.2, 0) is 19.2 Å². The van der Waals surface area contributed by atoms with Gasteiger partial charge in [-0.1, -0.05) is 12.1 Å². The van der Waals surface area contributed by atoms with Crippen molar-refractivity contribution in [3.05, 3.63) is 99.8 Å². The summed E-state index contributed by atoms with van der Waals surface area (Å²) in [6.45, 7) is 0. The Balaban J connectivity index is -0.000000290. The Bertz CT molecular complexity index is 651. The minimum atomic E-state index is 0. The summed E-state index contributed by atoms with van der Waals surface area (Å²) in [6.07, 6.45) is 0. The third-order valence-electron chi connectivity index (χ3n) is 3.10. The third-order valence-corrected chi connectivity index (χ3v) is 3.10. The summed E-state index contributed by atoms with van der Waals surface area (Å²) in [6, 6.07) is 29.3. The van der Waals surface area contributed by atoms with Crippen molar-refractivity contribution in [2.45, 2.75) is 0 Å². The molecule has 0 N–H and O–H groups in total. The maximum Gasteiger partial charge on any atom is -0.0809 e. The molecule has 0 aliphatic heterocycles. The molecule has 0 unspecified atom stereocenters. The zero-order valence-electron chi connectivity index (χ0n) is 13.9. The normalized spacial score (nSPS) is 7.79. The monoisotopic (exact) mass is 496 g/mol. The molecule has 0 aromatic heterocycles. The van der Waals surface area contributed by atoms with Gasteiger partial charge in [0.15, 0.2) is 0 Å². The molecular weight excluding hydrogens is 476 g/mol. The van der Waals surface area contributed by atoms with Crippen LogP contribution in [-0.4, -0.2) is 7.63 Å². The van der Waals surface area contributed by atoms with E-state index >= 15 is 0 Å². The van der Waals surface area contributed by atoms with Crippen molar-refractivity contribution >= 4 is 63.1 Å². The van der Waals surface area contributed by atoms with E-state index in [4.69, 9.17) is 0 Å². The predicted molar refractivity (Wildman–Crippen MR) is 118 cm³/mol. The first kappa shape index (κ1) is 28.4. The molecule has 0 fully saturated rings. The maximum absolute atomic E-state index is 2.97. The number of halogens is 2. The van der Waals surface area contributed by atoms with E-state index in [0.717, 1.165) is 0 Å². The molecule has 0 aliphatic carbocycles. The summed E-state index contributed by atoms with van der Waals surface area (Å²) < 4.78 is 0. The van der Waals surface area contributed by atoms with Crippen LogP contribution in [0, 0.1) is 14.9 Å². The van der Waals surface area contributed by atoms with Gasteiger partial charge >= 0.3 is 26.8 Å². The molecule has 128 valence electrons.